The molecule has 2 aromatic carbocycles. The van der Waals surface area contributed by atoms with Crippen LogP contribution in [0.3, 0.4) is 0 Å². The van der Waals surface area contributed by atoms with Gasteiger partial charge in [0.2, 0.25) is 0 Å². The Morgan fingerprint density at radius 3 is 2.56 bits per heavy atom. The van der Waals surface area contributed by atoms with Crippen molar-refractivity contribution in [2.24, 2.45) is 0 Å². The highest BCUT2D eigenvalue weighted by molar-refractivity contribution is 5.67. The van der Waals surface area contributed by atoms with Crippen LogP contribution in [0.5, 0.6) is 0 Å². The largest absolute Gasteiger partial charge is 0.206 e. The molecule has 0 saturated heterocycles. The Morgan fingerprint density at radius 2 is 1.88 bits per heavy atom. The molecule has 0 aromatic heterocycles. The minimum absolute atomic E-state index is 0.226. The summed E-state index contributed by atoms with van der Waals surface area (Å²) < 4.78 is 13.6. The maximum absolute atomic E-state index is 13.6. The van der Waals surface area contributed by atoms with E-state index in [1.165, 1.54) is 6.07 Å². The molecule has 0 bridgehead atoms. The first-order valence-corrected chi connectivity index (χ1v) is 5.04. The van der Waals surface area contributed by atoms with Gasteiger partial charge in [0.25, 0.3) is 0 Å². The van der Waals surface area contributed by atoms with Gasteiger partial charge in [-0.15, -0.1) is 6.42 Å². The fourth-order valence-electron chi connectivity index (χ4n) is 1.72. The SMILES string of the molecule is C#Cc1cc(C)cc(-c2ccccc2F)c1. The number of rotatable bonds is 1. The molecule has 0 heterocycles. The molecule has 0 atom stereocenters. The zero-order valence-electron chi connectivity index (χ0n) is 9.00. The number of halogens is 1. The lowest BCUT2D eigenvalue weighted by atomic mass is 10.0. The van der Waals surface area contributed by atoms with Crippen LogP contribution in [0.1, 0.15) is 11.1 Å². The van der Waals surface area contributed by atoms with Crippen molar-refractivity contribution in [3.8, 4) is 23.5 Å². The predicted molar refractivity (Wildman–Crippen MR) is 64.5 cm³/mol. The molecule has 78 valence electrons. The minimum Gasteiger partial charge on any atom is -0.206 e. The second-order valence-electron chi connectivity index (χ2n) is 3.71. The van der Waals surface area contributed by atoms with Crippen molar-refractivity contribution in [3.05, 3.63) is 59.4 Å². The van der Waals surface area contributed by atoms with E-state index in [9.17, 15) is 4.39 Å². The van der Waals surface area contributed by atoms with Crippen LogP contribution in [0, 0.1) is 25.1 Å². The molecule has 1 heteroatoms. The zero-order valence-corrected chi connectivity index (χ0v) is 9.00. The summed E-state index contributed by atoms with van der Waals surface area (Å²) >= 11 is 0. The van der Waals surface area contributed by atoms with E-state index in [1.807, 2.05) is 31.2 Å². The van der Waals surface area contributed by atoms with Crippen LogP contribution in [0.2, 0.25) is 0 Å². The maximum Gasteiger partial charge on any atom is 0.131 e. The Kier molecular flexibility index (Phi) is 2.74. The summed E-state index contributed by atoms with van der Waals surface area (Å²) in [5.74, 6) is 2.35. The number of terminal acetylenes is 1. The second kappa shape index (κ2) is 4.20. The van der Waals surface area contributed by atoms with Gasteiger partial charge in [0.1, 0.15) is 5.82 Å². The van der Waals surface area contributed by atoms with Gasteiger partial charge in [0, 0.05) is 11.1 Å². The molecule has 0 N–H and O–H groups in total. The van der Waals surface area contributed by atoms with Crippen molar-refractivity contribution in [2.75, 3.05) is 0 Å². The summed E-state index contributed by atoms with van der Waals surface area (Å²) in [6, 6.07) is 12.4. The molecule has 0 aliphatic carbocycles. The van der Waals surface area contributed by atoms with E-state index in [2.05, 4.69) is 5.92 Å². The van der Waals surface area contributed by atoms with Crippen molar-refractivity contribution in [1.82, 2.24) is 0 Å². The maximum atomic E-state index is 13.6. The lowest BCUT2D eigenvalue weighted by Crippen LogP contribution is -1.86. The van der Waals surface area contributed by atoms with E-state index in [4.69, 9.17) is 6.42 Å². The van der Waals surface area contributed by atoms with Crippen molar-refractivity contribution in [3.63, 3.8) is 0 Å². The molecule has 0 aliphatic heterocycles. The first-order chi connectivity index (χ1) is 7.70. The van der Waals surface area contributed by atoms with Crippen molar-refractivity contribution >= 4 is 0 Å². The second-order valence-corrected chi connectivity index (χ2v) is 3.71. The van der Waals surface area contributed by atoms with Gasteiger partial charge in [-0.05, 0) is 36.2 Å². The van der Waals surface area contributed by atoms with Crippen LogP contribution in [0.15, 0.2) is 42.5 Å². The van der Waals surface area contributed by atoms with E-state index >= 15 is 0 Å². The molecule has 2 aromatic rings. The van der Waals surface area contributed by atoms with Gasteiger partial charge in [-0.3, -0.25) is 0 Å². The third kappa shape index (κ3) is 1.97. The molecule has 0 saturated carbocycles. The topological polar surface area (TPSA) is 0 Å². The highest BCUT2D eigenvalue weighted by Gasteiger charge is 2.05. The summed E-state index contributed by atoms with van der Waals surface area (Å²) in [6.07, 6.45) is 5.36. The Balaban J connectivity index is 2.61. The molecule has 0 nitrogen and oxygen atoms in total. The van der Waals surface area contributed by atoms with Gasteiger partial charge < -0.3 is 0 Å². The molecule has 0 amide bonds. The third-order valence-corrected chi connectivity index (χ3v) is 2.43. The first kappa shape index (κ1) is 10.4. The van der Waals surface area contributed by atoms with E-state index in [0.29, 0.717) is 5.56 Å². The lowest BCUT2D eigenvalue weighted by molar-refractivity contribution is 0.631. The van der Waals surface area contributed by atoms with E-state index in [-0.39, 0.29) is 5.82 Å². The van der Waals surface area contributed by atoms with Gasteiger partial charge in [0.05, 0.1) is 0 Å². The summed E-state index contributed by atoms with van der Waals surface area (Å²) in [4.78, 5) is 0. The molecular weight excluding hydrogens is 199 g/mol. The summed E-state index contributed by atoms with van der Waals surface area (Å²) in [5.41, 5.74) is 3.22. The van der Waals surface area contributed by atoms with Gasteiger partial charge in [-0.1, -0.05) is 30.2 Å². The Bertz CT molecular complexity index is 562. The molecular formula is C15H11F. The van der Waals surface area contributed by atoms with Crippen LogP contribution in [-0.2, 0) is 0 Å². The summed E-state index contributed by atoms with van der Waals surface area (Å²) in [6.45, 7) is 1.95. The van der Waals surface area contributed by atoms with Crippen LogP contribution in [0.25, 0.3) is 11.1 Å². The molecule has 0 aliphatic rings. The van der Waals surface area contributed by atoms with Gasteiger partial charge in [-0.2, -0.15) is 0 Å². The highest BCUT2D eigenvalue weighted by Crippen LogP contribution is 2.24. The number of hydrogen-bond acceptors (Lipinski definition) is 0. The van der Waals surface area contributed by atoms with Gasteiger partial charge in [0.15, 0.2) is 0 Å². The van der Waals surface area contributed by atoms with Crippen molar-refractivity contribution < 1.29 is 4.39 Å². The number of hydrogen-bond donors (Lipinski definition) is 0. The predicted octanol–water partition coefficient (Wildman–Crippen LogP) is 3.78. The smallest absolute Gasteiger partial charge is 0.131 e. The van der Waals surface area contributed by atoms with E-state index in [1.54, 1.807) is 12.1 Å². The monoisotopic (exact) mass is 210 g/mol. The standard InChI is InChI=1S/C15H11F/c1-3-12-8-11(2)9-13(10-12)14-6-4-5-7-15(14)16/h1,4-10H,2H3. The van der Waals surface area contributed by atoms with E-state index in [0.717, 1.165) is 16.7 Å². The normalized spacial score (nSPS) is 9.81. The van der Waals surface area contributed by atoms with Crippen molar-refractivity contribution in [2.45, 2.75) is 6.92 Å². The molecule has 2 rings (SSSR count). The Labute approximate surface area is 94.7 Å². The highest BCUT2D eigenvalue weighted by atomic mass is 19.1. The van der Waals surface area contributed by atoms with Gasteiger partial charge >= 0.3 is 0 Å². The molecule has 0 fully saturated rings. The first-order valence-electron chi connectivity index (χ1n) is 5.04. The summed E-state index contributed by atoms with van der Waals surface area (Å²) in [5, 5.41) is 0. The van der Waals surface area contributed by atoms with Crippen LogP contribution < -0.4 is 0 Å². The van der Waals surface area contributed by atoms with E-state index < -0.39 is 0 Å². The van der Waals surface area contributed by atoms with Crippen molar-refractivity contribution in [1.29, 1.82) is 0 Å². The summed E-state index contributed by atoms with van der Waals surface area (Å²) in [7, 11) is 0. The Morgan fingerprint density at radius 1 is 1.12 bits per heavy atom. The molecule has 0 radical (unpaired) electrons. The minimum atomic E-state index is -0.226. The van der Waals surface area contributed by atoms with Crippen LogP contribution >= 0.6 is 0 Å². The number of benzene rings is 2. The zero-order chi connectivity index (χ0) is 11.5. The lowest BCUT2D eigenvalue weighted by Gasteiger charge is -2.05. The van der Waals surface area contributed by atoms with Crippen LogP contribution in [-0.4, -0.2) is 0 Å². The number of aryl methyl sites for hydroxylation is 1. The molecule has 0 unspecified atom stereocenters. The van der Waals surface area contributed by atoms with Gasteiger partial charge in [-0.25, -0.2) is 4.39 Å². The van der Waals surface area contributed by atoms with Crippen LogP contribution in [0.4, 0.5) is 4.39 Å². The third-order valence-electron chi connectivity index (χ3n) is 2.43. The fourth-order valence-corrected chi connectivity index (χ4v) is 1.72. The average molecular weight is 210 g/mol. The fraction of sp³-hybridized carbons (Fsp3) is 0.0667. The Hall–Kier alpha value is -2.07. The molecule has 16 heavy (non-hydrogen) atoms. The quantitative estimate of drug-likeness (QED) is 0.628. The average Bonchev–Trinajstić information content (AvgIpc) is 2.28. The molecule has 0 spiro atoms.